The van der Waals surface area contributed by atoms with Crippen LogP contribution < -0.4 is 4.74 Å². The first kappa shape index (κ1) is 17.3. The predicted octanol–water partition coefficient (Wildman–Crippen LogP) is 6.84. The van der Waals surface area contributed by atoms with Crippen LogP contribution in [-0.2, 0) is 5.60 Å². The van der Waals surface area contributed by atoms with Gasteiger partial charge < -0.3 is 4.74 Å². The van der Waals surface area contributed by atoms with E-state index in [1.807, 2.05) is 0 Å². The molecule has 2 aliphatic rings. The van der Waals surface area contributed by atoms with Crippen molar-refractivity contribution in [2.24, 2.45) is 10.8 Å². The largest absolute Gasteiger partial charge is 0.472 e. The number of benzene rings is 3. The van der Waals surface area contributed by atoms with Gasteiger partial charge in [0.1, 0.15) is 5.75 Å². The number of para-hydroxylation sites is 1. The average Bonchev–Trinajstić information content (AvgIpc) is 2.99. The molecule has 0 saturated heterocycles. The number of fused-ring (bicyclic) bond motifs is 1. The maximum absolute atomic E-state index is 6.91. The van der Waals surface area contributed by atoms with Crippen LogP contribution in [0, 0.1) is 10.8 Å². The molecule has 0 radical (unpaired) electrons. The molecule has 3 aromatic rings. The molecule has 3 aromatic carbocycles. The van der Waals surface area contributed by atoms with E-state index in [1.165, 1.54) is 27.8 Å². The second kappa shape index (κ2) is 5.61. The summed E-state index contributed by atoms with van der Waals surface area (Å²) in [5, 5.41) is 0. The number of ether oxygens (including phenoxy) is 1. The molecular weight excluding hydrogens is 340 g/mol. The highest BCUT2D eigenvalue weighted by Crippen LogP contribution is 2.73. The van der Waals surface area contributed by atoms with Crippen LogP contribution in [0.2, 0.25) is 0 Å². The van der Waals surface area contributed by atoms with Gasteiger partial charge in [-0.25, -0.2) is 0 Å². The Balaban J connectivity index is 1.92. The topological polar surface area (TPSA) is 9.23 Å². The number of rotatable bonds is 2. The van der Waals surface area contributed by atoms with E-state index in [0.29, 0.717) is 0 Å². The molecule has 0 N–H and O–H groups in total. The van der Waals surface area contributed by atoms with Crippen LogP contribution in [0.3, 0.4) is 0 Å². The van der Waals surface area contributed by atoms with Crippen LogP contribution in [0.1, 0.15) is 44.4 Å². The Bertz CT molecular complexity index is 1020. The van der Waals surface area contributed by atoms with Gasteiger partial charge in [0.25, 0.3) is 0 Å². The van der Waals surface area contributed by atoms with Gasteiger partial charge in [0.2, 0.25) is 0 Å². The Morgan fingerprint density at radius 1 is 0.571 bits per heavy atom. The van der Waals surface area contributed by atoms with Gasteiger partial charge in [-0.2, -0.15) is 0 Å². The van der Waals surface area contributed by atoms with Gasteiger partial charge in [0, 0.05) is 22.3 Å². The van der Waals surface area contributed by atoms with Crippen molar-refractivity contribution in [2.45, 2.75) is 33.3 Å². The fourth-order valence-electron chi connectivity index (χ4n) is 5.05. The minimum Gasteiger partial charge on any atom is -0.472 e. The molecule has 0 atom stereocenters. The molecule has 0 aromatic heterocycles. The van der Waals surface area contributed by atoms with Crippen molar-refractivity contribution in [1.82, 2.24) is 0 Å². The lowest BCUT2D eigenvalue weighted by Gasteiger charge is -2.32. The molecule has 28 heavy (non-hydrogen) atoms. The molecule has 0 bridgehead atoms. The summed E-state index contributed by atoms with van der Waals surface area (Å²) in [6.45, 7) is 9.43. The number of allylic oxidation sites excluding steroid dienone is 1. The molecular formula is C27H26O. The highest BCUT2D eigenvalue weighted by atomic mass is 16.5. The lowest BCUT2D eigenvalue weighted by atomic mass is 9.77. The normalized spacial score (nSPS) is 20.4. The van der Waals surface area contributed by atoms with Crippen molar-refractivity contribution in [3.05, 3.63) is 107 Å². The van der Waals surface area contributed by atoms with E-state index >= 15 is 0 Å². The maximum Gasteiger partial charge on any atom is 0.185 e. The van der Waals surface area contributed by atoms with Crippen molar-refractivity contribution in [2.75, 3.05) is 0 Å². The first-order valence-electron chi connectivity index (χ1n) is 10.1. The summed E-state index contributed by atoms with van der Waals surface area (Å²) in [6.07, 6.45) is 0. The zero-order chi connectivity index (χ0) is 19.6. The zero-order valence-electron chi connectivity index (χ0n) is 17.0. The lowest BCUT2D eigenvalue weighted by molar-refractivity contribution is 0.192. The van der Waals surface area contributed by atoms with Gasteiger partial charge in [-0.15, -0.1) is 0 Å². The molecule has 0 amide bonds. The summed E-state index contributed by atoms with van der Waals surface area (Å²) in [5.41, 5.74) is 6.07. The fourth-order valence-corrected chi connectivity index (χ4v) is 5.05. The Hall–Kier alpha value is -2.80. The molecule has 1 nitrogen and oxygen atoms in total. The van der Waals surface area contributed by atoms with Crippen molar-refractivity contribution >= 4 is 5.57 Å². The molecule has 1 aliphatic carbocycles. The predicted molar refractivity (Wildman–Crippen MR) is 115 cm³/mol. The van der Waals surface area contributed by atoms with E-state index in [4.69, 9.17) is 4.74 Å². The third kappa shape index (κ3) is 2.08. The Labute approximate surface area is 167 Å². The quantitative estimate of drug-likeness (QED) is 0.482. The van der Waals surface area contributed by atoms with Crippen LogP contribution in [0.4, 0.5) is 0 Å². The molecule has 1 heteroatoms. The van der Waals surface area contributed by atoms with Gasteiger partial charge in [-0.1, -0.05) is 107 Å². The van der Waals surface area contributed by atoms with Crippen LogP contribution >= 0.6 is 0 Å². The lowest BCUT2D eigenvalue weighted by Crippen LogP contribution is -2.32. The molecule has 1 aliphatic heterocycles. The summed E-state index contributed by atoms with van der Waals surface area (Å²) >= 11 is 0. The van der Waals surface area contributed by atoms with Gasteiger partial charge in [0.15, 0.2) is 5.60 Å². The SMILES string of the molecule is CC1(C)C(=C2c3ccccc3OC2(c2ccccc2)c2ccccc2)C1(C)C. The zero-order valence-corrected chi connectivity index (χ0v) is 17.0. The summed E-state index contributed by atoms with van der Waals surface area (Å²) in [5.74, 6) is 0.969. The maximum atomic E-state index is 6.91. The summed E-state index contributed by atoms with van der Waals surface area (Å²) < 4.78 is 6.91. The second-order valence-corrected chi connectivity index (χ2v) is 9.01. The third-order valence-corrected chi connectivity index (χ3v) is 7.13. The highest BCUT2D eigenvalue weighted by Gasteiger charge is 2.65. The highest BCUT2D eigenvalue weighted by molar-refractivity contribution is 5.90. The average molecular weight is 367 g/mol. The molecule has 140 valence electrons. The van der Waals surface area contributed by atoms with Gasteiger partial charge in [-0.05, 0) is 22.5 Å². The van der Waals surface area contributed by atoms with E-state index in [-0.39, 0.29) is 10.8 Å². The number of hydrogen-bond acceptors (Lipinski definition) is 1. The Morgan fingerprint density at radius 3 is 1.54 bits per heavy atom. The van der Waals surface area contributed by atoms with Gasteiger partial charge in [0.05, 0.1) is 0 Å². The Morgan fingerprint density at radius 2 is 1.04 bits per heavy atom. The number of hydrogen-bond donors (Lipinski definition) is 0. The monoisotopic (exact) mass is 366 g/mol. The fraction of sp³-hybridized carbons (Fsp3) is 0.259. The van der Waals surface area contributed by atoms with E-state index in [2.05, 4.69) is 113 Å². The molecule has 1 saturated carbocycles. The summed E-state index contributed by atoms with van der Waals surface area (Å²) in [6, 6.07) is 29.9. The smallest absolute Gasteiger partial charge is 0.185 e. The van der Waals surface area contributed by atoms with Gasteiger partial charge in [-0.3, -0.25) is 0 Å². The molecule has 5 rings (SSSR count). The van der Waals surface area contributed by atoms with Gasteiger partial charge >= 0.3 is 0 Å². The first-order valence-corrected chi connectivity index (χ1v) is 10.1. The molecule has 0 spiro atoms. The van der Waals surface area contributed by atoms with Crippen molar-refractivity contribution < 1.29 is 4.74 Å². The Kier molecular flexibility index (Phi) is 3.47. The summed E-state index contributed by atoms with van der Waals surface area (Å²) in [4.78, 5) is 0. The minimum atomic E-state index is -0.618. The van der Waals surface area contributed by atoms with Crippen molar-refractivity contribution in [3.63, 3.8) is 0 Å². The molecule has 1 fully saturated rings. The van der Waals surface area contributed by atoms with E-state index in [9.17, 15) is 0 Å². The first-order chi connectivity index (χ1) is 13.4. The standard InChI is InChI=1S/C27H26O/c1-25(2)24(26(25,3)4)23-21-17-11-12-18-22(21)28-27(23,19-13-7-5-8-14-19)20-15-9-6-10-16-20/h5-18H,1-4H3. The minimum absolute atomic E-state index is 0.137. The van der Waals surface area contributed by atoms with Crippen LogP contribution in [0.25, 0.3) is 5.57 Å². The van der Waals surface area contributed by atoms with Crippen molar-refractivity contribution in [3.8, 4) is 5.75 Å². The van der Waals surface area contributed by atoms with E-state index < -0.39 is 5.60 Å². The van der Waals surface area contributed by atoms with Crippen molar-refractivity contribution in [1.29, 1.82) is 0 Å². The molecule has 1 heterocycles. The van der Waals surface area contributed by atoms with E-state index in [1.54, 1.807) is 0 Å². The molecule has 0 unspecified atom stereocenters. The second-order valence-electron chi connectivity index (χ2n) is 9.01. The van der Waals surface area contributed by atoms with Crippen LogP contribution in [-0.4, -0.2) is 0 Å². The third-order valence-electron chi connectivity index (χ3n) is 7.13. The van der Waals surface area contributed by atoms with E-state index in [0.717, 1.165) is 5.75 Å². The van der Waals surface area contributed by atoms with Crippen LogP contribution in [0.5, 0.6) is 5.75 Å². The van der Waals surface area contributed by atoms with Crippen LogP contribution in [0.15, 0.2) is 90.5 Å². The summed E-state index contributed by atoms with van der Waals surface area (Å²) in [7, 11) is 0.